The predicted molar refractivity (Wildman–Crippen MR) is 327 cm³/mol. The summed E-state index contributed by atoms with van der Waals surface area (Å²) in [5.74, 6) is -0.178. The largest absolute Gasteiger partial charge is 0.394 e. The molecule has 6 N–H and O–H groups in total. The van der Waals surface area contributed by atoms with Gasteiger partial charge in [-0.25, -0.2) is 0 Å². The fourth-order valence-electron chi connectivity index (χ4n) is 10.6. The Bertz CT molecular complexity index is 1350. The molecule has 0 bridgehead atoms. The van der Waals surface area contributed by atoms with E-state index < -0.39 is 49.5 Å². The smallest absolute Gasteiger partial charge is 0.220 e. The molecule has 0 aliphatic carbocycles. The van der Waals surface area contributed by atoms with E-state index in [4.69, 9.17) is 9.47 Å². The van der Waals surface area contributed by atoms with Crippen LogP contribution >= 0.6 is 0 Å². The highest BCUT2D eigenvalue weighted by molar-refractivity contribution is 5.76. The molecule has 7 unspecified atom stereocenters. The number of ether oxygens (including phenoxy) is 2. The van der Waals surface area contributed by atoms with Crippen LogP contribution in [-0.4, -0.2) is 87.5 Å². The van der Waals surface area contributed by atoms with Crippen molar-refractivity contribution in [1.82, 2.24) is 5.32 Å². The van der Waals surface area contributed by atoms with Crippen LogP contribution in [0, 0.1) is 0 Å². The maximum atomic E-state index is 13.1. The summed E-state index contributed by atoms with van der Waals surface area (Å²) in [7, 11) is 0. The van der Waals surface area contributed by atoms with Gasteiger partial charge in [-0.3, -0.25) is 4.79 Å². The number of rotatable bonds is 58. The van der Waals surface area contributed by atoms with Crippen LogP contribution in [-0.2, 0) is 14.3 Å². The number of aliphatic hydroxyl groups is 5. The van der Waals surface area contributed by atoms with Crippen LogP contribution in [0.25, 0.3) is 0 Å². The van der Waals surface area contributed by atoms with Gasteiger partial charge in [0.15, 0.2) is 6.29 Å². The van der Waals surface area contributed by atoms with Crippen LogP contribution in [0.4, 0.5) is 0 Å². The summed E-state index contributed by atoms with van der Waals surface area (Å²) in [5, 5.41) is 54.7. The first-order valence-corrected chi connectivity index (χ1v) is 33.4. The predicted octanol–water partition coefficient (Wildman–Crippen LogP) is 17.6. The Morgan fingerprint density at radius 3 is 1.13 bits per heavy atom. The minimum absolute atomic E-state index is 0.178. The molecule has 452 valence electrons. The number of unbranched alkanes of at least 4 members (excludes halogenated alkanes) is 42. The van der Waals surface area contributed by atoms with Gasteiger partial charge in [0.1, 0.15) is 24.4 Å². The quantitative estimate of drug-likeness (QED) is 0.0261. The summed E-state index contributed by atoms with van der Waals surface area (Å²) in [5.41, 5.74) is 0. The maximum Gasteiger partial charge on any atom is 0.220 e. The molecule has 1 saturated heterocycles. The molecular formula is C68H127NO8. The van der Waals surface area contributed by atoms with E-state index >= 15 is 0 Å². The van der Waals surface area contributed by atoms with Crippen LogP contribution in [0.2, 0.25) is 0 Å². The van der Waals surface area contributed by atoms with E-state index in [1.165, 1.54) is 250 Å². The van der Waals surface area contributed by atoms with Gasteiger partial charge in [-0.2, -0.15) is 0 Å². The number of hydrogen-bond donors (Lipinski definition) is 6. The Morgan fingerprint density at radius 2 is 0.766 bits per heavy atom. The summed E-state index contributed by atoms with van der Waals surface area (Å²) < 4.78 is 11.3. The fraction of sp³-hybridized carbons (Fsp3) is 0.868. The van der Waals surface area contributed by atoms with E-state index in [2.05, 4.69) is 55.6 Å². The van der Waals surface area contributed by atoms with Crippen LogP contribution in [0.15, 0.2) is 48.6 Å². The summed E-state index contributed by atoms with van der Waals surface area (Å²) in [4.78, 5) is 13.1. The molecule has 1 amide bonds. The van der Waals surface area contributed by atoms with Gasteiger partial charge >= 0.3 is 0 Å². The fourth-order valence-corrected chi connectivity index (χ4v) is 10.6. The lowest BCUT2D eigenvalue weighted by molar-refractivity contribution is -0.302. The van der Waals surface area contributed by atoms with Crippen LogP contribution in [0.5, 0.6) is 0 Å². The minimum atomic E-state index is -1.57. The Morgan fingerprint density at radius 1 is 0.442 bits per heavy atom. The van der Waals surface area contributed by atoms with E-state index in [9.17, 15) is 30.3 Å². The molecular weight excluding hydrogens is 959 g/mol. The lowest BCUT2D eigenvalue weighted by Crippen LogP contribution is -2.60. The number of hydrogen-bond acceptors (Lipinski definition) is 8. The van der Waals surface area contributed by atoms with Gasteiger partial charge in [0.25, 0.3) is 0 Å². The van der Waals surface area contributed by atoms with E-state index in [1.807, 2.05) is 6.08 Å². The van der Waals surface area contributed by atoms with Crippen molar-refractivity contribution in [3.05, 3.63) is 48.6 Å². The maximum absolute atomic E-state index is 13.1. The number of allylic oxidation sites excluding steroid dienone is 7. The highest BCUT2D eigenvalue weighted by Crippen LogP contribution is 2.23. The van der Waals surface area contributed by atoms with Gasteiger partial charge in [0.2, 0.25) is 5.91 Å². The molecule has 1 rings (SSSR count). The first kappa shape index (κ1) is 73.2. The normalized spacial score (nSPS) is 19.0. The SMILES string of the molecule is CCCCCCC/C=C\C/C=C\C/C=C\CCCCCCCCCCCCC(=O)NC(COC1OC(CO)C(O)C(O)C1O)C(O)/C=C/CCCCCCCCCCCCCCCCCCCCCCCCCCCCC. The Hall–Kier alpha value is -1.85. The van der Waals surface area contributed by atoms with Gasteiger partial charge in [0.05, 0.1) is 25.4 Å². The molecule has 1 aliphatic heterocycles. The van der Waals surface area contributed by atoms with Gasteiger partial charge in [-0.15, -0.1) is 0 Å². The van der Waals surface area contributed by atoms with Crippen molar-refractivity contribution in [3.63, 3.8) is 0 Å². The molecule has 9 nitrogen and oxygen atoms in total. The number of carbonyl (C=O) groups is 1. The highest BCUT2D eigenvalue weighted by atomic mass is 16.7. The standard InChI is InChI=1S/C68H127NO8/c1-3-5-7-9-11-13-15-17-19-21-23-25-27-29-30-31-32-34-35-37-39-41-43-45-47-49-51-53-55-57-62(71)61(60-76-68-67(75)66(74)65(73)63(59-70)77-68)69-64(72)58-56-54-52-50-48-46-44-42-40-38-36-33-28-26-24-22-20-18-16-14-12-10-8-6-4-2/h16,18,22,24,28,33,55,57,61-63,65-68,70-71,73-75H,3-15,17,19-21,23,25-27,29-32,34-54,56,58-60H2,1-2H3,(H,69,72)/b18-16-,24-22-,33-28-,57-55+. The third-order valence-corrected chi connectivity index (χ3v) is 15.9. The summed E-state index contributed by atoms with van der Waals surface area (Å²) in [6.07, 6.45) is 70.6. The van der Waals surface area contributed by atoms with Crippen molar-refractivity contribution in [2.75, 3.05) is 13.2 Å². The molecule has 0 aromatic rings. The molecule has 0 aromatic heterocycles. The lowest BCUT2D eigenvalue weighted by atomic mass is 9.99. The van der Waals surface area contributed by atoms with E-state index in [1.54, 1.807) is 6.08 Å². The lowest BCUT2D eigenvalue weighted by Gasteiger charge is -2.40. The van der Waals surface area contributed by atoms with Crippen molar-refractivity contribution >= 4 is 5.91 Å². The third-order valence-electron chi connectivity index (χ3n) is 15.9. The average molecular weight is 1090 g/mol. The van der Waals surface area contributed by atoms with Gasteiger partial charge < -0.3 is 40.3 Å². The Labute approximate surface area is 475 Å². The number of nitrogens with one attached hydrogen (secondary N) is 1. The van der Waals surface area contributed by atoms with E-state index in [-0.39, 0.29) is 12.5 Å². The van der Waals surface area contributed by atoms with Crippen LogP contribution in [0.1, 0.15) is 322 Å². The van der Waals surface area contributed by atoms with Gasteiger partial charge in [0, 0.05) is 6.42 Å². The topological polar surface area (TPSA) is 149 Å². The zero-order chi connectivity index (χ0) is 55.8. The van der Waals surface area contributed by atoms with Crippen molar-refractivity contribution in [3.8, 4) is 0 Å². The average Bonchev–Trinajstić information content (AvgIpc) is 3.43. The highest BCUT2D eigenvalue weighted by Gasteiger charge is 2.44. The number of aliphatic hydroxyl groups excluding tert-OH is 5. The van der Waals surface area contributed by atoms with Gasteiger partial charge in [-0.1, -0.05) is 306 Å². The van der Waals surface area contributed by atoms with E-state index in [0.717, 1.165) is 51.4 Å². The summed E-state index contributed by atoms with van der Waals surface area (Å²) >= 11 is 0. The number of carbonyl (C=O) groups excluding carboxylic acids is 1. The monoisotopic (exact) mass is 1090 g/mol. The summed E-state index contributed by atoms with van der Waals surface area (Å²) in [6, 6.07) is -0.810. The molecule has 7 atom stereocenters. The van der Waals surface area contributed by atoms with E-state index in [0.29, 0.717) is 6.42 Å². The van der Waals surface area contributed by atoms with Gasteiger partial charge in [-0.05, 0) is 57.8 Å². The Kier molecular flexibility index (Phi) is 54.5. The summed E-state index contributed by atoms with van der Waals surface area (Å²) in [6.45, 7) is 3.81. The molecule has 1 aliphatic rings. The first-order chi connectivity index (χ1) is 37.8. The third kappa shape index (κ3) is 46.5. The molecule has 0 radical (unpaired) electrons. The molecule has 0 spiro atoms. The second-order valence-corrected chi connectivity index (χ2v) is 23.3. The zero-order valence-electron chi connectivity index (χ0n) is 50.5. The van der Waals surface area contributed by atoms with Crippen molar-refractivity contribution < 1.29 is 39.8 Å². The molecule has 0 aromatic carbocycles. The van der Waals surface area contributed by atoms with Crippen molar-refractivity contribution in [2.24, 2.45) is 0 Å². The van der Waals surface area contributed by atoms with Crippen molar-refractivity contribution in [2.45, 2.75) is 365 Å². The zero-order valence-corrected chi connectivity index (χ0v) is 50.5. The number of amides is 1. The second-order valence-electron chi connectivity index (χ2n) is 23.3. The molecule has 9 heteroatoms. The molecule has 1 fully saturated rings. The second kappa shape index (κ2) is 57.4. The Balaban J connectivity index is 2.17. The molecule has 1 heterocycles. The van der Waals surface area contributed by atoms with Crippen LogP contribution in [0.3, 0.4) is 0 Å². The minimum Gasteiger partial charge on any atom is -0.394 e. The molecule has 77 heavy (non-hydrogen) atoms. The molecule has 0 saturated carbocycles. The first-order valence-electron chi connectivity index (χ1n) is 33.4. The van der Waals surface area contributed by atoms with Crippen LogP contribution < -0.4 is 5.32 Å². The van der Waals surface area contributed by atoms with Crippen molar-refractivity contribution in [1.29, 1.82) is 0 Å².